The number of hydrogen-bond acceptors (Lipinski definition) is 4. The Labute approximate surface area is 139 Å². The van der Waals surface area contributed by atoms with Gasteiger partial charge < -0.3 is 9.84 Å². The van der Waals surface area contributed by atoms with Gasteiger partial charge in [-0.2, -0.15) is 0 Å². The lowest BCUT2D eigenvalue weighted by molar-refractivity contribution is 0.0913. The molecule has 0 aromatic heterocycles. The van der Waals surface area contributed by atoms with Gasteiger partial charge in [0.1, 0.15) is 5.75 Å². The number of ether oxygens (including phenoxy) is 1. The molecule has 0 unspecified atom stereocenters. The maximum absolute atomic E-state index is 11.9. The van der Waals surface area contributed by atoms with Crippen LogP contribution in [-0.2, 0) is 4.74 Å². The largest absolute Gasteiger partial charge is 0.507 e. The molecule has 0 aliphatic rings. The van der Waals surface area contributed by atoms with Gasteiger partial charge in [0.15, 0.2) is 6.61 Å². The Balaban J connectivity index is 1.78. The van der Waals surface area contributed by atoms with Gasteiger partial charge in [0, 0.05) is 5.56 Å². The van der Waals surface area contributed by atoms with E-state index in [1.807, 2.05) is 30.3 Å². The summed E-state index contributed by atoms with van der Waals surface area (Å²) in [6, 6.07) is 14.0. The summed E-state index contributed by atoms with van der Waals surface area (Å²) >= 11 is 0. The van der Waals surface area contributed by atoms with E-state index in [1.165, 1.54) is 6.07 Å². The molecule has 0 aliphatic carbocycles. The average molecular weight is 324 g/mol. The SMILES string of the molecule is Cc1cccc(C(=O)NNC(=O)OCC#Cc2ccccc2)c1O. The van der Waals surface area contributed by atoms with Crippen molar-refractivity contribution in [3.05, 3.63) is 65.2 Å². The van der Waals surface area contributed by atoms with E-state index in [2.05, 4.69) is 22.7 Å². The minimum absolute atomic E-state index is 0.0548. The van der Waals surface area contributed by atoms with Gasteiger partial charge >= 0.3 is 6.09 Å². The number of benzene rings is 2. The third-order valence-corrected chi connectivity index (χ3v) is 3.04. The molecule has 122 valence electrons. The molecule has 3 N–H and O–H groups in total. The minimum Gasteiger partial charge on any atom is -0.507 e. The molecule has 0 aliphatic heterocycles. The van der Waals surface area contributed by atoms with E-state index < -0.39 is 12.0 Å². The molecule has 2 aromatic carbocycles. The fourth-order valence-corrected chi connectivity index (χ4v) is 1.81. The van der Waals surface area contributed by atoms with Crippen LogP contribution in [0.3, 0.4) is 0 Å². The number of para-hydroxylation sites is 1. The van der Waals surface area contributed by atoms with Crippen LogP contribution in [0, 0.1) is 18.8 Å². The molecular formula is C18H16N2O4. The number of carbonyl (C=O) groups excluding carboxylic acids is 2. The highest BCUT2D eigenvalue weighted by Crippen LogP contribution is 2.20. The monoisotopic (exact) mass is 324 g/mol. The normalized spacial score (nSPS) is 9.38. The van der Waals surface area contributed by atoms with E-state index >= 15 is 0 Å². The highest BCUT2D eigenvalue weighted by atomic mass is 16.6. The molecule has 6 heteroatoms. The Hall–Kier alpha value is -3.46. The summed E-state index contributed by atoms with van der Waals surface area (Å²) in [6.45, 7) is 1.55. The molecule has 0 fully saturated rings. The fourth-order valence-electron chi connectivity index (χ4n) is 1.81. The van der Waals surface area contributed by atoms with Gasteiger partial charge in [-0.25, -0.2) is 10.2 Å². The summed E-state index contributed by atoms with van der Waals surface area (Å²) in [5.74, 6) is 4.72. The van der Waals surface area contributed by atoms with Crippen molar-refractivity contribution in [1.29, 1.82) is 0 Å². The van der Waals surface area contributed by atoms with Crippen molar-refractivity contribution in [1.82, 2.24) is 10.9 Å². The standard InChI is InChI=1S/C18H16N2O4/c1-13-7-5-11-15(16(13)21)17(22)19-20-18(23)24-12-6-10-14-8-3-2-4-9-14/h2-5,7-9,11,21H,12H2,1H3,(H,19,22)(H,20,23). The maximum atomic E-state index is 11.9. The smallest absolute Gasteiger partial charge is 0.427 e. The third-order valence-electron chi connectivity index (χ3n) is 3.04. The van der Waals surface area contributed by atoms with Crippen molar-refractivity contribution < 1.29 is 19.4 Å². The van der Waals surface area contributed by atoms with Crippen molar-refractivity contribution in [3.8, 4) is 17.6 Å². The number of hydrazine groups is 1. The number of nitrogens with one attached hydrogen (secondary N) is 2. The molecule has 6 nitrogen and oxygen atoms in total. The van der Waals surface area contributed by atoms with E-state index in [9.17, 15) is 14.7 Å². The first-order chi connectivity index (χ1) is 11.6. The summed E-state index contributed by atoms with van der Waals surface area (Å²) in [5, 5.41) is 9.79. The van der Waals surface area contributed by atoms with Gasteiger partial charge in [-0.15, -0.1) is 0 Å². The second kappa shape index (κ2) is 8.25. The lowest BCUT2D eigenvalue weighted by atomic mass is 10.1. The summed E-state index contributed by atoms with van der Waals surface area (Å²) in [5.41, 5.74) is 5.66. The van der Waals surface area contributed by atoms with Crippen molar-refractivity contribution in [2.24, 2.45) is 0 Å². The lowest BCUT2D eigenvalue weighted by Crippen LogP contribution is -2.42. The maximum Gasteiger partial charge on any atom is 0.427 e. The molecule has 0 bridgehead atoms. The highest BCUT2D eigenvalue weighted by molar-refractivity contribution is 5.97. The Morgan fingerprint density at radius 2 is 1.83 bits per heavy atom. The zero-order valence-electron chi connectivity index (χ0n) is 13.0. The highest BCUT2D eigenvalue weighted by Gasteiger charge is 2.13. The summed E-state index contributed by atoms with van der Waals surface area (Å²) in [6.07, 6.45) is -0.849. The van der Waals surface area contributed by atoms with Crippen LogP contribution in [0.5, 0.6) is 5.75 Å². The number of rotatable bonds is 2. The van der Waals surface area contributed by atoms with Crippen LogP contribution >= 0.6 is 0 Å². The van der Waals surface area contributed by atoms with Crippen molar-refractivity contribution in [3.63, 3.8) is 0 Å². The molecule has 24 heavy (non-hydrogen) atoms. The molecule has 0 radical (unpaired) electrons. The molecule has 2 amide bonds. The number of aryl methyl sites for hydroxylation is 1. The molecule has 0 saturated heterocycles. The first kappa shape index (κ1) is 16.9. The van der Waals surface area contributed by atoms with E-state index in [4.69, 9.17) is 4.74 Å². The summed E-state index contributed by atoms with van der Waals surface area (Å²) < 4.78 is 4.80. The van der Waals surface area contributed by atoms with E-state index in [-0.39, 0.29) is 17.9 Å². The fraction of sp³-hybridized carbons (Fsp3) is 0.111. The van der Waals surface area contributed by atoms with Crippen LogP contribution in [-0.4, -0.2) is 23.7 Å². The van der Waals surface area contributed by atoms with Gasteiger partial charge in [0.2, 0.25) is 0 Å². The third kappa shape index (κ3) is 4.78. The van der Waals surface area contributed by atoms with E-state index in [1.54, 1.807) is 19.1 Å². The molecule has 0 spiro atoms. The molecule has 2 aromatic rings. The van der Waals surface area contributed by atoms with Gasteiger partial charge in [0.05, 0.1) is 5.56 Å². The second-order valence-electron chi connectivity index (χ2n) is 4.79. The second-order valence-corrected chi connectivity index (χ2v) is 4.79. The topological polar surface area (TPSA) is 87.7 Å². The summed E-state index contributed by atoms with van der Waals surface area (Å²) in [4.78, 5) is 23.3. The van der Waals surface area contributed by atoms with Gasteiger partial charge in [-0.05, 0) is 30.7 Å². The first-order valence-corrected chi connectivity index (χ1v) is 7.13. The van der Waals surface area contributed by atoms with Crippen LogP contribution in [0.1, 0.15) is 21.5 Å². The number of aromatic hydroxyl groups is 1. The summed E-state index contributed by atoms with van der Waals surface area (Å²) in [7, 11) is 0. The zero-order valence-corrected chi connectivity index (χ0v) is 13.0. The van der Waals surface area contributed by atoms with Crippen LogP contribution in [0.4, 0.5) is 4.79 Å². The number of phenolic OH excluding ortho intramolecular Hbond substituents is 1. The number of carbonyl (C=O) groups is 2. The lowest BCUT2D eigenvalue weighted by Gasteiger charge is -2.09. The van der Waals surface area contributed by atoms with Gasteiger partial charge in [-0.3, -0.25) is 10.2 Å². The van der Waals surface area contributed by atoms with Crippen LogP contribution in [0.2, 0.25) is 0 Å². The Morgan fingerprint density at radius 1 is 1.08 bits per heavy atom. The van der Waals surface area contributed by atoms with Crippen molar-refractivity contribution in [2.45, 2.75) is 6.92 Å². The van der Waals surface area contributed by atoms with Crippen molar-refractivity contribution in [2.75, 3.05) is 6.61 Å². The Morgan fingerprint density at radius 3 is 2.58 bits per heavy atom. The van der Waals surface area contributed by atoms with Gasteiger partial charge in [-0.1, -0.05) is 42.2 Å². The first-order valence-electron chi connectivity index (χ1n) is 7.13. The van der Waals surface area contributed by atoms with Crippen LogP contribution in [0.15, 0.2) is 48.5 Å². The Bertz CT molecular complexity index is 792. The minimum atomic E-state index is -0.849. The molecule has 2 rings (SSSR count). The molecule has 0 heterocycles. The van der Waals surface area contributed by atoms with E-state index in [0.29, 0.717) is 5.56 Å². The molecular weight excluding hydrogens is 308 g/mol. The predicted octanol–water partition coefficient (Wildman–Crippen LogP) is 2.12. The van der Waals surface area contributed by atoms with Crippen molar-refractivity contribution >= 4 is 12.0 Å². The van der Waals surface area contributed by atoms with Crippen LogP contribution in [0.25, 0.3) is 0 Å². The zero-order chi connectivity index (χ0) is 17.4. The van der Waals surface area contributed by atoms with Gasteiger partial charge in [0.25, 0.3) is 5.91 Å². The average Bonchev–Trinajstić information content (AvgIpc) is 2.60. The quantitative estimate of drug-likeness (QED) is 0.583. The van der Waals surface area contributed by atoms with Crippen LogP contribution < -0.4 is 10.9 Å². The number of phenols is 1. The Kier molecular flexibility index (Phi) is 5.81. The molecule has 0 saturated carbocycles. The number of amides is 2. The number of hydrogen-bond donors (Lipinski definition) is 3. The predicted molar refractivity (Wildman–Crippen MR) is 88.1 cm³/mol. The molecule has 0 atom stereocenters. The van der Waals surface area contributed by atoms with E-state index in [0.717, 1.165) is 5.56 Å².